The molecule has 0 radical (unpaired) electrons. The van der Waals surface area contributed by atoms with E-state index in [2.05, 4.69) is 5.32 Å². The highest BCUT2D eigenvalue weighted by atomic mass is 35.5. The van der Waals surface area contributed by atoms with E-state index < -0.39 is 15.9 Å². The second-order valence-electron chi connectivity index (χ2n) is 6.81. The molecule has 1 heterocycles. The number of anilines is 1. The maximum Gasteiger partial charge on any atom is 0.243 e. The molecule has 1 saturated heterocycles. The Morgan fingerprint density at radius 2 is 1.87 bits per heavy atom. The molecule has 1 aliphatic rings. The van der Waals surface area contributed by atoms with Gasteiger partial charge in [0.2, 0.25) is 15.9 Å². The second kappa shape index (κ2) is 9.43. The Bertz CT molecular complexity index is 1050. The van der Waals surface area contributed by atoms with Crippen LogP contribution in [0.5, 0.6) is 11.5 Å². The van der Waals surface area contributed by atoms with Crippen molar-refractivity contribution in [1.29, 1.82) is 0 Å². The van der Waals surface area contributed by atoms with E-state index in [0.29, 0.717) is 41.6 Å². The van der Waals surface area contributed by atoms with Gasteiger partial charge >= 0.3 is 0 Å². The molecule has 162 valence electrons. The van der Waals surface area contributed by atoms with Crippen LogP contribution in [-0.2, 0) is 14.8 Å². The summed E-state index contributed by atoms with van der Waals surface area (Å²) in [6.45, 7) is 0.402. The Balaban J connectivity index is 1.78. The summed E-state index contributed by atoms with van der Waals surface area (Å²) in [4.78, 5) is 12.8. The fourth-order valence-electron chi connectivity index (χ4n) is 3.34. The Morgan fingerprint density at radius 3 is 2.57 bits per heavy atom. The molecule has 7 nitrogen and oxygen atoms in total. The zero-order valence-corrected chi connectivity index (χ0v) is 18.9. The maximum atomic E-state index is 13.1. The lowest BCUT2D eigenvalue weighted by Crippen LogP contribution is -2.43. The van der Waals surface area contributed by atoms with Gasteiger partial charge in [-0.05, 0) is 37.1 Å². The lowest BCUT2D eigenvalue weighted by atomic mass is 9.99. The summed E-state index contributed by atoms with van der Waals surface area (Å²) in [5.74, 6) is -0.0543. The number of amides is 1. The molecule has 1 atom stereocenters. The molecule has 1 aliphatic heterocycles. The first-order chi connectivity index (χ1) is 14.3. The standard InChI is InChI=1S/C20H22Cl2N2O5S/c1-28-17-9-8-14(11-18(17)29-2)30(26,27)24-10-4-5-13(12-24)20(25)23-16-7-3-6-15(21)19(16)22/h3,6-9,11,13H,4-5,10,12H2,1-2H3,(H,23,25)/t13-/m0/s1. The topological polar surface area (TPSA) is 84.9 Å². The van der Waals surface area contributed by atoms with Crippen molar-refractivity contribution in [3.05, 3.63) is 46.4 Å². The quantitative estimate of drug-likeness (QED) is 0.685. The van der Waals surface area contributed by atoms with Gasteiger partial charge in [-0.1, -0.05) is 29.3 Å². The number of hydrogen-bond acceptors (Lipinski definition) is 5. The van der Waals surface area contributed by atoms with Crippen LogP contribution in [0.2, 0.25) is 10.0 Å². The third-order valence-corrected chi connectivity index (χ3v) is 7.64. The molecule has 2 aromatic carbocycles. The molecule has 1 N–H and O–H groups in total. The van der Waals surface area contributed by atoms with Crippen LogP contribution in [0, 0.1) is 5.92 Å². The van der Waals surface area contributed by atoms with Crippen LogP contribution in [0.1, 0.15) is 12.8 Å². The van der Waals surface area contributed by atoms with Crippen molar-refractivity contribution in [3.8, 4) is 11.5 Å². The maximum absolute atomic E-state index is 13.1. The van der Waals surface area contributed by atoms with Crippen LogP contribution < -0.4 is 14.8 Å². The molecule has 2 aromatic rings. The van der Waals surface area contributed by atoms with Crippen molar-refractivity contribution in [2.24, 2.45) is 5.92 Å². The molecular formula is C20H22Cl2N2O5S. The summed E-state index contributed by atoms with van der Waals surface area (Å²) in [5.41, 5.74) is 0.397. The summed E-state index contributed by atoms with van der Waals surface area (Å²) in [6.07, 6.45) is 1.13. The van der Waals surface area contributed by atoms with Crippen LogP contribution in [-0.4, -0.2) is 45.9 Å². The van der Waals surface area contributed by atoms with Crippen LogP contribution in [0.25, 0.3) is 0 Å². The summed E-state index contributed by atoms with van der Waals surface area (Å²) >= 11 is 12.1. The summed E-state index contributed by atoms with van der Waals surface area (Å²) in [5, 5.41) is 3.33. The number of ether oxygens (including phenoxy) is 2. The smallest absolute Gasteiger partial charge is 0.243 e. The average molecular weight is 473 g/mol. The van der Waals surface area contributed by atoms with Gasteiger partial charge in [-0.3, -0.25) is 4.79 Å². The Morgan fingerprint density at radius 1 is 1.13 bits per heavy atom. The normalized spacial score (nSPS) is 17.4. The third-order valence-electron chi connectivity index (χ3n) is 4.96. The monoisotopic (exact) mass is 472 g/mol. The largest absolute Gasteiger partial charge is 0.493 e. The highest BCUT2D eigenvalue weighted by Gasteiger charge is 2.34. The Labute approximate surface area is 185 Å². The first-order valence-electron chi connectivity index (χ1n) is 9.25. The SMILES string of the molecule is COc1ccc(S(=O)(=O)N2CCC[C@H](C(=O)Nc3cccc(Cl)c3Cl)C2)cc1OC. The lowest BCUT2D eigenvalue weighted by Gasteiger charge is -2.31. The van der Waals surface area contributed by atoms with Gasteiger partial charge in [0.1, 0.15) is 0 Å². The number of hydrogen-bond donors (Lipinski definition) is 1. The first kappa shape index (κ1) is 22.7. The highest BCUT2D eigenvalue weighted by molar-refractivity contribution is 7.89. The summed E-state index contributed by atoms with van der Waals surface area (Å²) in [6, 6.07) is 9.37. The van der Waals surface area contributed by atoms with Crippen molar-refractivity contribution in [3.63, 3.8) is 0 Å². The molecular weight excluding hydrogens is 451 g/mol. The number of halogens is 2. The van der Waals surface area contributed by atoms with Gasteiger partial charge < -0.3 is 14.8 Å². The van der Waals surface area contributed by atoms with Crippen molar-refractivity contribution in [2.75, 3.05) is 32.6 Å². The molecule has 1 fully saturated rings. The predicted octanol–water partition coefficient (Wildman–Crippen LogP) is 4.05. The number of rotatable bonds is 6. The van der Waals surface area contributed by atoms with E-state index in [-0.39, 0.29) is 22.4 Å². The number of carbonyl (C=O) groups excluding carboxylic acids is 1. The Hall–Kier alpha value is -2.00. The van der Waals surface area contributed by atoms with Crippen LogP contribution >= 0.6 is 23.2 Å². The average Bonchev–Trinajstić information content (AvgIpc) is 2.76. The van der Waals surface area contributed by atoms with Crippen molar-refractivity contribution >= 4 is 44.8 Å². The van der Waals surface area contributed by atoms with Crippen molar-refractivity contribution < 1.29 is 22.7 Å². The van der Waals surface area contributed by atoms with E-state index in [4.69, 9.17) is 32.7 Å². The number of sulfonamides is 1. The van der Waals surface area contributed by atoms with E-state index in [0.717, 1.165) is 0 Å². The predicted molar refractivity (Wildman–Crippen MR) is 116 cm³/mol. The van der Waals surface area contributed by atoms with Crippen LogP contribution in [0.15, 0.2) is 41.3 Å². The molecule has 0 saturated carbocycles. The van der Waals surface area contributed by atoms with Gasteiger partial charge in [0.25, 0.3) is 0 Å². The van der Waals surface area contributed by atoms with Gasteiger partial charge in [-0.15, -0.1) is 0 Å². The second-order valence-corrected chi connectivity index (χ2v) is 9.53. The van der Waals surface area contributed by atoms with Gasteiger partial charge in [-0.2, -0.15) is 4.31 Å². The van der Waals surface area contributed by atoms with E-state index in [9.17, 15) is 13.2 Å². The summed E-state index contributed by atoms with van der Waals surface area (Å²) in [7, 11) is -0.884. The minimum atomic E-state index is -3.80. The fourth-order valence-corrected chi connectivity index (χ4v) is 5.22. The van der Waals surface area contributed by atoms with Gasteiger partial charge in [0, 0.05) is 19.2 Å². The van der Waals surface area contributed by atoms with Gasteiger partial charge in [-0.25, -0.2) is 8.42 Å². The molecule has 0 bridgehead atoms. The minimum Gasteiger partial charge on any atom is -0.493 e. The highest BCUT2D eigenvalue weighted by Crippen LogP contribution is 2.33. The number of piperidine rings is 1. The molecule has 0 spiro atoms. The number of nitrogens with one attached hydrogen (secondary N) is 1. The summed E-state index contributed by atoms with van der Waals surface area (Å²) < 4.78 is 38.0. The molecule has 10 heteroatoms. The zero-order chi connectivity index (χ0) is 21.9. The van der Waals surface area contributed by atoms with Crippen LogP contribution in [0.4, 0.5) is 5.69 Å². The van der Waals surface area contributed by atoms with E-state index in [1.54, 1.807) is 24.3 Å². The van der Waals surface area contributed by atoms with E-state index in [1.807, 2.05) is 0 Å². The van der Waals surface area contributed by atoms with E-state index >= 15 is 0 Å². The minimum absolute atomic E-state index is 0.0701. The molecule has 0 aromatic heterocycles. The van der Waals surface area contributed by atoms with Crippen molar-refractivity contribution in [2.45, 2.75) is 17.7 Å². The third kappa shape index (κ3) is 4.67. The van der Waals surface area contributed by atoms with E-state index in [1.165, 1.54) is 30.7 Å². The molecule has 0 aliphatic carbocycles. The van der Waals surface area contributed by atoms with Crippen molar-refractivity contribution in [1.82, 2.24) is 4.31 Å². The Kier molecular flexibility index (Phi) is 7.13. The first-order valence-corrected chi connectivity index (χ1v) is 11.4. The number of methoxy groups -OCH3 is 2. The molecule has 0 unspecified atom stereocenters. The molecule has 1 amide bonds. The number of carbonyl (C=O) groups is 1. The zero-order valence-electron chi connectivity index (χ0n) is 16.5. The van der Waals surface area contributed by atoms with Gasteiger partial charge in [0.15, 0.2) is 11.5 Å². The lowest BCUT2D eigenvalue weighted by molar-refractivity contribution is -0.120. The number of benzene rings is 2. The molecule has 30 heavy (non-hydrogen) atoms. The van der Waals surface area contributed by atoms with Gasteiger partial charge in [0.05, 0.1) is 40.8 Å². The van der Waals surface area contributed by atoms with Crippen LogP contribution in [0.3, 0.4) is 0 Å². The number of nitrogens with zero attached hydrogens (tertiary/aromatic N) is 1. The molecule has 3 rings (SSSR count). The fraction of sp³-hybridized carbons (Fsp3) is 0.350.